The average Bonchev–Trinajstić information content (AvgIpc) is 1.85. The van der Waals surface area contributed by atoms with Gasteiger partial charge in [-0.25, -0.2) is 0 Å². The van der Waals surface area contributed by atoms with E-state index in [4.69, 9.17) is 47.2 Å². The number of hydrogen-bond donors (Lipinski definition) is 13. The molecule has 4 saturated heterocycles. The van der Waals surface area contributed by atoms with Crippen molar-refractivity contribution < 1.29 is 146 Å². The zero-order chi connectivity index (χ0) is 84.6. The van der Waals surface area contributed by atoms with E-state index in [2.05, 4.69) is 10.6 Å². The number of nitrogens with zero attached hydrogens (tertiary/aromatic N) is 1. The number of ether oxygens (including phenoxy) is 9. The van der Waals surface area contributed by atoms with Crippen molar-refractivity contribution in [3.8, 4) is 0 Å². The third-order valence-electron chi connectivity index (χ3n) is 21.9. The molecule has 115 heavy (non-hydrogen) atoms. The number of Topliss-reactive ketones (excluding diaryl/α,β-unsaturated/α-hetero) is 5. The van der Waals surface area contributed by atoms with Crippen molar-refractivity contribution in [1.29, 1.82) is 0 Å². The lowest BCUT2D eigenvalue weighted by atomic mass is 9.83. The minimum Gasteiger partial charge on any atom is -0.394 e. The zero-order valence-corrected chi connectivity index (χ0v) is 69.8. The number of amides is 3. The first kappa shape index (κ1) is 103. The molecule has 33 nitrogen and oxygen atoms in total. The molecular formula is C81H144N3O30P. The van der Waals surface area contributed by atoms with E-state index in [9.17, 15) is 98.9 Å². The van der Waals surface area contributed by atoms with Crippen molar-refractivity contribution in [3.63, 3.8) is 0 Å². The number of carbonyl (C=O) groups excluding carboxylic acids is 8. The molecule has 17 unspecified atom stereocenters. The van der Waals surface area contributed by atoms with Gasteiger partial charge in [0.05, 0.1) is 96.5 Å². The molecule has 0 aromatic carbocycles. The molecule has 668 valence electrons. The summed E-state index contributed by atoms with van der Waals surface area (Å²) < 4.78 is 69.6. The third-order valence-corrected chi connectivity index (χ3v) is 22.5. The van der Waals surface area contributed by atoms with Gasteiger partial charge < -0.3 is 119 Å². The number of nitrogens with one attached hydrogen (secondary N) is 2. The fraction of sp³-hybridized carbons (Fsp3) is 0.901. The number of aliphatic hydroxyl groups excluding tert-OH is 10. The minimum atomic E-state index is -3.74. The Hall–Kier alpha value is -3.85. The van der Waals surface area contributed by atoms with Gasteiger partial charge >= 0.3 is 7.60 Å². The standard InChI is InChI=1S/C81H144N3O30P/c1-56-72(97)75(100)66(49-85)112-78(56)108-40-22-19-30-60(88)26-14-11-16-28-62(90)35-43-105-53-81(47-64(92)32-13-9-7-5-6-8-10-18-34-71(96)84-48-65(93)46-59(84)52-111-115(4,103)104,54-106-44-36-63(91)29-17-12-15-27-61(89)31-20-23-41-109-79-57(2)73(98)76(101)67(50-86)113-79)55-107-45-37-70(95)83-39-25-38-82-69(94)33-21-24-42-110-80-58(3)74(99)77(102)68(51-87)114-80/h56-59,65-68,72-80,85-87,93,97-102H,5-55H2,1-4H3,(H,82,94)(H,83,95)(H,103,104)/t56?,57?,58?,59?,65-,66?,67?,68?,72?,73?,74?,75?,76?,77?,78?,79?,80?,81?/m1/s1. The summed E-state index contributed by atoms with van der Waals surface area (Å²) in [6, 6.07) is -0.468. The highest BCUT2D eigenvalue weighted by Crippen LogP contribution is 2.38. The molecule has 4 aliphatic rings. The van der Waals surface area contributed by atoms with Gasteiger partial charge in [-0.2, -0.15) is 0 Å². The zero-order valence-electron chi connectivity index (χ0n) is 68.9. The summed E-state index contributed by atoms with van der Waals surface area (Å²) in [5, 5.41) is 106. The van der Waals surface area contributed by atoms with Crippen LogP contribution in [0.25, 0.3) is 0 Å². The Kier molecular flexibility index (Phi) is 53.1. The molecule has 0 spiro atoms. The molecule has 0 aromatic heterocycles. The molecule has 13 N–H and O–H groups in total. The Morgan fingerprint density at radius 3 is 1.11 bits per heavy atom. The molecular weight excluding hydrogens is 1530 g/mol. The first-order valence-electron chi connectivity index (χ1n) is 42.5. The van der Waals surface area contributed by atoms with Crippen LogP contribution in [0, 0.1) is 23.2 Å². The van der Waals surface area contributed by atoms with Crippen LogP contribution in [-0.2, 0) is 90.1 Å². The van der Waals surface area contributed by atoms with Gasteiger partial charge in [-0.15, -0.1) is 0 Å². The largest absolute Gasteiger partial charge is 0.394 e. The lowest BCUT2D eigenvalue weighted by molar-refractivity contribution is -0.282. The summed E-state index contributed by atoms with van der Waals surface area (Å²) in [6.45, 7) is 5.91. The third kappa shape index (κ3) is 42.5. The van der Waals surface area contributed by atoms with Crippen LogP contribution in [0.2, 0.25) is 0 Å². The predicted molar refractivity (Wildman–Crippen MR) is 419 cm³/mol. The lowest BCUT2D eigenvalue weighted by Crippen LogP contribution is -2.55. The van der Waals surface area contributed by atoms with Crippen molar-refractivity contribution in [2.24, 2.45) is 23.2 Å². The van der Waals surface area contributed by atoms with Crippen molar-refractivity contribution >= 4 is 54.2 Å². The van der Waals surface area contributed by atoms with E-state index >= 15 is 0 Å². The van der Waals surface area contributed by atoms with E-state index in [1.807, 2.05) is 0 Å². The first-order valence-corrected chi connectivity index (χ1v) is 44.5. The highest BCUT2D eigenvalue weighted by Gasteiger charge is 2.45. The molecule has 0 aromatic rings. The summed E-state index contributed by atoms with van der Waals surface area (Å²) in [5.41, 5.74) is -1.10. The number of ketones is 5. The molecule has 4 rings (SSSR count). The molecule has 0 radical (unpaired) electrons. The second-order valence-electron chi connectivity index (χ2n) is 32.2. The summed E-state index contributed by atoms with van der Waals surface area (Å²) in [6.07, 6.45) is 3.93. The normalized spacial score (nSPS) is 26.8. The smallest absolute Gasteiger partial charge is 0.325 e. The van der Waals surface area contributed by atoms with Gasteiger partial charge in [-0.1, -0.05) is 72.1 Å². The second-order valence-corrected chi connectivity index (χ2v) is 34.0. The summed E-state index contributed by atoms with van der Waals surface area (Å²) >= 11 is 0. The molecule has 4 aliphatic heterocycles. The van der Waals surface area contributed by atoms with Gasteiger partial charge in [-0.3, -0.25) is 42.9 Å². The van der Waals surface area contributed by atoms with E-state index in [-0.39, 0.29) is 190 Å². The van der Waals surface area contributed by atoms with Crippen LogP contribution in [0.3, 0.4) is 0 Å². The van der Waals surface area contributed by atoms with Gasteiger partial charge in [0.1, 0.15) is 65.5 Å². The number of likely N-dealkylation sites (tertiary alicyclic amines) is 1. The van der Waals surface area contributed by atoms with Crippen LogP contribution < -0.4 is 10.6 Å². The van der Waals surface area contributed by atoms with Gasteiger partial charge in [0.2, 0.25) is 17.7 Å². The number of β-amino-alcohol motifs (C(OH)–C–C–N with tert-alkyl or cyclic N) is 1. The van der Waals surface area contributed by atoms with Crippen molar-refractivity contribution in [3.05, 3.63) is 0 Å². The summed E-state index contributed by atoms with van der Waals surface area (Å²) in [4.78, 5) is 116. The van der Waals surface area contributed by atoms with Crippen molar-refractivity contribution in [1.82, 2.24) is 15.5 Å². The van der Waals surface area contributed by atoms with Crippen LogP contribution in [0.4, 0.5) is 0 Å². The van der Waals surface area contributed by atoms with E-state index in [1.54, 1.807) is 20.8 Å². The molecule has 3 amide bonds. The summed E-state index contributed by atoms with van der Waals surface area (Å²) in [5.74, 6) is -2.16. The molecule has 4 heterocycles. The highest BCUT2D eigenvalue weighted by atomic mass is 31.2. The number of unbranched alkanes of at least 4 members (excludes halogenated alkanes) is 14. The van der Waals surface area contributed by atoms with Crippen LogP contribution >= 0.6 is 7.60 Å². The molecule has 4 fully saturated rings. The van der Waals surface area contributed by atoms with Gasteiger partial charge in [-0.05, 0) is 89.9 Å². The highest BCUT2D eigenvalue weighted by molar-refractivity contribution is 7.51. The maximum atomic E-state index is 14.2. The Bertz CT molecular complexity index is 2570. The van der Waals surface area contributed by atoms with Crippen LogP contribution in [0.5, 0.6) is 0 Å². The maximum Gasteiger partial charge on any atom is 0.325 e. The van der Waals surface area contributed by atoms with Crippen LogP contribution in [-0.4, -0.2) is 306 Å². The van der Waals surface area contributed by atoms with Crippen LogP contribution in [0.1, 0.15) is 245 Å². The SMILES string of the molecule is CC1C(OCCCCC(=O)CCCCCC(=O)CCOCC(COCCC(=O)CCCCCC(=O)CCCCOC2OC(CO)C(O)C(O)C2C)(COCCC(=O)NCCCNC(=O)CCCCOC2OC(CO)C(O)C(O)C2C)CC(=O)CCCCCCCCCCC(=O)N2C[C@H](O)CC2COP(C)(=O)O)OC(CO)C(O)C1O. The molecule has 18 atom stereocenters. The fourth-order valence-corrected chi connectivity index (χ4v) is 14.9. The van der Waals surface area contributed by atoms with Gasteiger partial charge in [0.25, 0.3) is 0 Å². The lowest BCUT2D eigenvalue weighted by Gasteiger charge is -2.40. The van der Waals surface area contributed by atoms with Crippen LogP contribution in [0.15, 0.2) is 0 Å². The molecule has 34 heteroatoms. The Labute approximate surface area is 679 Å². The number of rotatable bonds is 68. The average molecular weight is 1670 g/mol. The molecule has 0 saturated carbocycles. The Morgan fingerprint density at radius 2 is 0.730 bits per heavy atom. The van der Waals surface area contributed by atoms with E-state index in [0.717, 1.165) is 45.2 Å². The monoisotopic (exact) mass is 1670 g/mol. The fourth-order valence-electron chi connectivity index (χ4n) is 14.5. The van der Waals surface area contributed by atoms with Gasteiger partial charge in [0, 0.05) is 153 Å². The number of aliphatic hydroxyl groups is 10. The summed E-state index contributed by atoms with van der Waals surface area (Å²) in [7, 11) is -3.74. The maximum absolute atomic E-state index is 14.2. The number of hydrogen-bond acceptors (Lipinski definition) is 29. The Morgan fingerprint density at radius 1 is 0.409 bits per heavy atom. The quantitative estimate of drug-likeness (QED) is 0.0296. The predicted octanol–water partition coefficient (Wildman–Crippen LogP) is 4.43. The van der Waals surface area contributed by atoms with Crippen molar-refractivity contribution in [2.75, 3.05) is 112 Å². The van der Waals surface area contributed by atoms with E-state index in [0.29, 0.717) is 129 Å². The second kappa shape index (κ2) is 59.0. The van der Waals surface area contributed by atoms with E-state index in [1.165, 1.54) is 4.90 Å². The first-order chi connectivity index (χ1) is 55.0. The topological polar surface area (TPSA) is 496 Å². The van der Waals surface area contributed by atoms with E-state index < -0.39 is 137 Å². The van der Waals surface area contributed by atoms with Gasteiger partial charge in [0.15, 0.2) is 18.9 Å². The number of carbonyl (C=O) groups is 8. The van der Waals surface area contributed by atoms with Crippen molar-refractivity contribution in [2.45, 2.75) is 331 Å². The molecule has 0 bridgehead atoms. The minimum absolute atomic E-state index is 0.0265. The molecule has 0 aliphatic carbocycles. The Balaban J connectivity index is 1.28.